The fourth-order valence-electron chi connectivity index (χ4n) is 2.41. The van der Waals surface area contributed by atoms with Crippen LogP contribution in [0.15, 0.2) is 59.3 Å². The van der Waals surface area contributed by atoms with E-state index in [-0.39, 0.29) is 5.82 Å². The monoisotopic (exact) mass is 345 g/mol. The fourth-order valence-corrected chi connectivity index (χ4v) is 2.92. The van der Waals surface area contributed by atoms with Crippen molar-refractivity contribution in [1.29, 1.82) is 0 Å². The molecule has 1 unspecified atom stereocenters. The number of hydrogen-bond acceptors (Lipinski definition) is 2. The van der Waals surface area contributed by atoms with Crippen molar-refractivity contribution in [3.63, 3.8) is 0 Å². The van der Waals surface area contributed by atoms with Gasteiger partial charge in [-0.05, 0) is 23.1 Å². The molecule has 0 saturated heterocycles. The Labute approximate surface area is 130 Å². The molecule has 1 N–H and O–H groups in total. The maximum atomic E-state index is 13.1. The van der Waals surface area contributed by atoms with E-state index in [4.69, 9.17) is 0 Å². The molecule has 1 aromatic heterocycles. The van der Waals surface area contributed by atoms with Crippen LogP contribution >= 0.6 is 15.9 Å². The molecule has 1 atom stereocenters. The number of fused-ring (bicyclic) bond motifs is 1. The second-order valence-corrected chi connectivity index (χ2v) is 5.76. The van der Waals surface area contributed by atoms with Gasteiger partial charge in [-0.25, -0.2) is 4.39 Å². The van der Waals surface area contributed by atoms with E-state index in [1.165, 1.54) is 12.1 Å². The number of benzene rings is 2. The Bertz CT molecular complexity index is 785. The molecule has 21 heavy (non-hydrogen) atoms. The lowest BCUT2D eigenvalue weighted by Gasteiger charge is -2.14. The third kappa shape index (κ3) is 2.96. The Morgan fingerprint density at radius 2 is 1.95 bits per heavy atom. The highest BCUT2D eigenvalue weighted by molar-refractivity contribution is 9.10. The zero-order valence-corrected chi connectivity index (χ0v) is 12.7. The van der Waals surface area contributed by atoms with E-state index in [1.807, 2.05) is 24.3 Å². The van der Waals surface area contributed by atoms with Crippen LogP contribution in [0.2, 0.25) is 0 Å². The highest BCUT2D eigenvalue weighted by Gasteiger charge is 2.14. The van der Waals surface area contributed by atoms with Crippen molar-refractivity contribution in [3.8, 4) is 0 Å². The first-order valence-electron chi connectivity index (χ1n) is 6.60. The highest BCUT2D eigenvalue weighted by atomic mass is 79.9. The summed E-state index contributed by atoms with van der Waals surface area (Å²) in [7, 11) is 0. The van der Waals surface area contributed by atoms with E-state index in [0.29, 0.717) is 10.9 Å². The molecule has 0 aliphatic carbocycles. The number of halogens is 2. The lowest BCUT2D eigenvalue weighted by atomic mass is 9.98. The molecule has 0 radical (unpaired) electrons. The summed E-state index contributed by atoms with van der Waals surface area (Å²) in [6.07, 6.45) is 3.17. The van der Waals surface area contributed by atoms with Gasteiger partial charge in [0.25, 0.3) is 0 Å². The first-order valence-corrected chi connectivity index (χ1v) is 7.39. The van der Waals surface area contributed by atoms with Gasteiger partial charge in [0.2, 0.25) is 0 Å². The molecular formula is C17H13BrFNO. The maximum Gasteiger partial charge on any atom is 0.124 e. The van der Waals surface area contributed by atoms with E-state index in [1.54, 1.807) is 18.5 Å². The molecule has 2 nitrogen and oxygen atoms in total. The van der Waals surface area contributed by atoms with Gasteiger partial charge >= 0.3 is 0 Å². The lowest BCUT2D eigenvalue weighted by molar-refractivity contribution is 0.179. The SMILES string of the molecule is OC(Cc1ccc(F)cc1Br)c1cncc2ccccc12. The van der Waals surface area contributed by atoms with Crippen LogP contribution in [-0.2, 0) is 6.42 Å². The average molecular weight is 346 g/mol. The Kier molecular flexibility index (Phi) is 3.99. The van der Waals surface area contributed by atoms with Gasteiger partial charge in [0.1, 0.15) is 5.82 Å². The number of aliphatic hydroxyl groups is 1. The number of aromatic nitrogens is 1. The Hall–Kier alpha value is -1.78. The molecule has 4 heteroatoms. The normalized spacial score (nSPS) is 12.5. The number of hydrogen-bond donors (Lipinski definition) is 1. The largest absolute Gasteiger partial charge is 0.388 e. The second-order valence-electron chi connectivity index (χ2n) is 4.91. The number of nitrogens with zero attached hydrogens (tertiary/aromatic N) is 1. The molecule has 0 aliphatic rings. The summed E-state index contributed by atoms with van der Waals surface area (Å²) in [5.41, 5.74) is 1.64. The summed E-state index contributed by atoms with van der Waals surface area (Å²) in [4.78, 5) is 4.18. The van der Waals surface area contributed by atoms with Crippen LogP contribution in [0.4, 0.5) is 4.39 Å². The number of aliphatic hydroxyl groups excluding tert-OH is 1. The summed E-state index contributed by atoms with van der Waals surface area (Å²) in [5, 5.41) is 12.5. The predicted octanol–water partition coefficient (Wildman–Crippen LogP) is 4.41. The van der Waals surface area contributed by atoms with Gasteiger partial charge in [-0.15, -0.1) is 0 Å². The molecule has 3 rings (SSSR count). The summed E-state index contributed by atoms with van der Waals surface area (Å²) in [6.45, 7) is 0. The average Bonchev–Trinajstić information content (AvgIpc) is 2.49. The summed E-state index contributed by atoms with van der Waals surface area (Å²) in [5.74, 6) is -0.299. The first kappa shape index (κ1) is 14.2. The van der Waals surface area contributed by atoms with Crippen LogP contribution < -0.4 is 0 Å². The maximum absolute atomic E-state index is 13.1. The first-order chi connectivity index (χ1) is 10.1. The lowest BCUT2D eigenvalue weighted by Crippen LogP contribution is -2.04. The molecular weight excluding hydrogens is 333 g/mol. The van der Waals surface area contributed by atoms with Crippen LogP contribution in [0, 0.1) is 5.82 Å². The molecule has 0 aliphatic heterocycles. The highest BCUT2D eigenvalue weighted by Crippen LogP contribution is 2.28. The van der Waals surface area contributed by atoms with Crippen molar-refractivity contribution < 1.29 is 9.50 Å². The van der Waals surface area contributed by atoms with Crippen LogP contribution in [0.1, 0.15) is 17.2 Å². The quantitative estimate of drug-likeness (QED) is 0.762. The molecule has 0 bridgehead atoms. The van der Waals surface area contributed by atoms with E-state index >= 15 is 0 Å². The minimum atomic E-state index is -0.689. The fraction of sp³-hybridized carbons (Fsp3) is 0.118. The van der Waals surface area contributed by atoms with Gasteiger partial charge in [0, 0.05) is 34.2 Å². The van der Waals surface area contributed by atoms with E-state index < -0.39 is 6.10 Å². The summed E-state index contributed by atoms with van der Waals surface area (Å²) in [6, 6.07) is 12.3. The van der Waals surface area contributed by atoms with Gasteiger partial charge < -0.3 is 5.11 Å². The Morgan fingerprint density at radius 3 is 2.76 bits per heavy atom. The van der Waals surface area contributed by atoms with Gasteiger partial charge in [-0.3, -0.25) is 4.98 Å². The number of pyridine rings is 1. The molecule has 0 spiro atoms. The number of rotatable bonds is 3. The third-order valence-corrected chi connectivity index (χ3v) is 4.22. The van der Waals surface area contributed by atoms with E-state index in [0.717, 1.165) is 21.9 Å². The zero-order chi connectivity index (χ0) is 14.8. The van der Waals surface area contributed by atoms with Gasteiger partial charge in [-0.2, -0.15) is 0 Å². The van der Waals surface area contributed by atoms with Crippen molar-refractivity contribution in [2.24, 2.45) is 0 Å². The zero-order valence-electron chi connectivity index (χ0n) is 11.1. The summed E-state index contributed by atoms with van der Waals surface area (Å²) >= 11 is 3.33. The van der Waals surface area contributed by atoms with Gasteiger partial charge in [0.05, 0.1) is 6.10 Å². The Morgan fingerprint density at radius 1 is 1.14 bits per heavy atom. The predicted molar refractivity (Wildman–Crippen MR) is 84.5 cm³/mol. The topological polar surface area (TPSA) is 33.1 Å². The van der Waals surface area contributed by atoms with E-state index in [2.05, 4.69) is 20.9 Å². The Balaban J connectivity index is 1.95. The minimum absolute atomic E-state index is 0.299. The van der Waals surface area contributed by atoms with Crippen molar-refractivity contribution in [2.75, 3.05) is 0 Å². The van der Waals surface area contributed by atoms with Crippen molar-refractivity contribution in [1.82, 2.24) is 4.98 Å². The molecule has 1 heterocycles. The van der Waals surface area contributed by atoms with E-state index in [9.17, 15) is 9.50 Å². The van der Waals surface area contributed by atoms with Crippen LogP contribution in [0.25, 0.3) is 10.8 Å². The van der Waals surface area contributed by atoms with Crippen molar-refractivity contribution in [2.45, 2.75) is 12.5 Å². The molecule has 3 aromatic rings. The summed E-state index contributed by atoms with van der Waals surface area (Å²) < 4.78 is 13.8. The standard InChI is InChI=1S/C17H13BrFNO/c18-16-8-13(19)6-5-11(16)7-17(21)15-10-20-9-12-3-1-2-4-14(12)15/h1-6,8-10,17,21H,7H2. The molecule has 2 aromatic carbocycles. The molecule has 0 fully saturated rings. The van der Waals surface area contributed by atoms with Crippen LogP contribution in [-0.4, -0.2) is 10.1 Å². The molecule has 0 saturated carbocycles. The van der Waals surface area contributed by atoms with Crippen LogP contribution in [0.5, 0.6) is 0 Å². The van der Waals surface area contributed by atoms with Crippen molar-refractivity contribution in [3.05, 3.63) is 76.3 Å². The molecule has 0 amide bonds. The molecule has 106 valence electrons. The third-order valence-electron chi connectivity index (χ3n) is 3.49. The van der Waals surface area contributed by atoms with Crippen molar-refractivity contribution >= 4 is 26.7 Å². The van der Waals surface area contributed by atoms with Crippen LogP contribution in [0.3, 0.4) is 0 Å². The van der Waals surface area contributed by atoms with Gasteiger partial charge in [-0.1, -0.05) is 46.3 Å². The minimum Gasteiger partial charge on any atom is -0.388 e. The smallest absolute Gasteiger partial charge is 0.124 e. The van der Waals surface area contributed by atoms with Gasteiger partial charge in [0.15, 0.2) is 0 Å². The second kappa shape index (κ2) is 5.92.